The van der Waals surface area contributed by atoms with Gasteiger partial charge >= 0.3 is 0 Å². The van der Waals surface area contributed by atoms with Gasteiger partial charge in [-0.15, -0.1) is 0 Å². The first kappa shape index (κ1) is 17.0. The summed E-state index contributed by atoms with van der Waals surface area (Å²) in [7, 11) is 0. The van der Waals surface area contributed by atoms with Crippen LogP contribution < -0.4 is 5.32 Å². The van der Waals surface area contributed by atoms with Gasteiger partial charge in [0, 0.05) is 44.8 Å². The first-order chi connectivity index (χ1) is 10.5. The summed E-state index contributed by atoms with van der Waals surface area (Å²) in [6, 6.07) is 0. The molecule has 0 spiro atoms. The zero-order chi connectivity index (χ0) is 16.1. The summed E-state index contributed by atoms with van der Waals surface area (Å²) in [5.74, 6) is 0.0715. The van der Waals surface area contributed by atoms with Crippen molar-refractivity contribution in [2.24, 2.45) is 0 Å². The average Bonchev–Trinajstić information content (AvgIpc) is 2.74. The average molecular weight is 308 g/mol. The first-order valence-electron chi connectivity index (χ1n) is 8.15. The number of aliphatic hydroxyl groups is 1. The third-order valence-corrected chi connectivity index (χ3v) is 4.60. The summed E-state index contributed by atoms with van der Waals surface area (Å²) in [6.07, 6.45) is 1.99. The lowest BCUT2D eigenvalue weighted by atomic mass is 10.1. The molecule has 2 heterocycles. The highest BCUT2D eigenvalue weighted by Crippen LogP contribution is 2.11. The SMILES string of the molecule is Cc1nn(CCC(=O)NCCN2CCC(O)CC2)c(C)c1C. The molecule has 0 saturated carbocycles. The number of aliphatic hydroxyl groups excluding tert-OH is 1. The van der Waals surface area contributed by atoms with Crippen molar-refractivity contribution in [2.75, 3.05) is 26.2 Å². The minimum Gasteiger partial charge on any atom is -0.393 e. The maximum Gasteiger partial charge on any atom is 0.221 e. The van der Waals surface area contributed by atoms with E-state index >= 15 is 0 Å². The maximum atomic E-state index is 11.9. The predicted octanol–water partition coefficient (Wildman–Crippen LogP) is 0.771. The van der Waals surface area contributed by atoms with Crippen molar-refractivity contribution < 1.29 is 9.90 Å². The molecule has 0 aromatic carbocycles. The van der Waals surface area contributed by atoms with E-state index in [0.29, 0.717) is 19.5 Å². The smallest absolute Gasteiger partial charge is 0.221 e. The van der Waals surface area contributed by atoms with Crippen molar-refractivity contribution in [1.82, 2.24) is 20.0 Å². The zero-order valence-electron chi connectivity index (χ0n) is 13.9. The number of nitrogens with zero attached hydrogens (tertiary/aromatic N) is 3. The second-order valence-electron chi connectivity index (χ2n) is 6.19. The fourth-order valence-corrected chi connectivity index (χ4v) is 2.80. The second kappa shape index (κ2) is 7.74. The Morgan fingerprint density at radius 1 is 1.27 bits per heavy atom. The molecule has 1 aromatic rings. The van der Waals surface area contributed by atoms with Crippen LogP contribution in [0.5, 0.6) is 0 Å². The van der Waals surface area contributed by atoms with E-state index in [-0.39, 0.29) is 12.0 Å². The number of likely N-dealkylation sites (tertiary alicyclic amines) is 1. The van der Waals surface area contributed by atoms with Gasteiger partial charge in [0.2, 0.25) is 5.91 Å². The Morgan fingerprint density at radius 3 is 2.55 bits per heavy atom. The molecular formula is C16H28N4O2. The third kappa shape index (κ3) is 4.55. The summed E-state index contributed by atoms with van der Waals surface area (Å²) < 4.78 is 1.91. The van der Waals surface area contributed by atoms with Gasteiger partial charge in [-0.1, -0.05) is 0 Å². The number of aryl methyl sites for hydroxylation is 2. The monoisotopic (exact) mass is 308 g/mol. The predicted molar refractivity (Wildman–Crippen MR) is 85.7 cm³/mol. The molecule has 0 radical (unpaired) electrons. The normalized spacial score (nSPS) is 16.9. The molecule has 1 fully saturated rings. The summed E-state index contributed by atoms with van der Waals surface area (Å²) in [5.41, 5.74) is 3.37. The molecule has 1 amide bonds. The lowest BCUT2D eigenvalue weighted by Gasteiger charge is -2.29. The first-order valence-corrected chi connectivity index (χ1v) is 8.15. The summed E-state index contributed by atoms with van der Waals surface area (Å²) in [6.45, 7) is 10.1. The number of amides is 1. The second-order valence-corrected chi connectivity index (χ2v) is 6.19. The Hall–Kier alpha value is -1.40. The van der Waals surface area contributed by atoms with Crippen LogP contribution in [0, 0.1) is 20.8 Å². The lowest BCUT2D eigenvalue weighted by Crippen LogP contribution is -2.40. The number of carbonyl (C=O) groups excluding carboxylic acids is 1. The van der Waals surface area contributed by atoms with Crippen molar-refractivity contribution >= 4 is 5.91 Å². The van der Waals surface area contributed by atoms with Crippen LogP contribution in [0.25, 0.3) is 0 Å². The van der Waals surface area contributed by atoms with E-state index in [1.807, 2.05) is 18.5 Å². The summed E-state index contributed by atoms with van der Waals surface area (Å²) in [5, 5.41) is 16.9. The number of nitrogens with one attached hydrogen (secondary N) is 1. The minimum atomic E-state index is -0.143. The minimum absolute atomic E-state index is 0.0715. The molecule has 6 nitrogen and oxygen atoms in total. The van der Waals surface area contributed by atoms with E-state index in [4.69, 9.17) is 0 Å². The van der Waals surface area contributed by atoms with Gasteiger partial charge in [-0.3, -0.25) is 9.48 Å². The molecule has 1 saturated heterocycles. The van der Waals surface area contributed by atoms with Crippen LogP contribution in [0.2, 0.25) is 0 Å². The van der Waals surface area contributed by atoms with E-state index in [9.17, 15) is 9.90 Å². The van der Waals surface area contributed by atoms with Crippen molar-refractivity contribution in [3.8, 4) is 0 Å². The van der Waals surface area contributed by atoms with Gasteiger partial charge in [-0.25, -0.2) is 0 Å². The van der Waals surface area contributed by atoms with Crippen LogP contribution in [-0.4, -0.2) is 58.0 Å². The topological polar surface area (TPSA) is 70.4 Å². The van der Waals surface area contributed by atoms with Crippen LogP contribution >= 0.6 is 0 Å². The Balaban J connectivity index is 1.64. The Kier molecular flexibility index (Phi) is 5.97. The van der Waals surface area contributed by atoms with Crippen LogP contribution in [0.4, 0.5) is 0 Å². The zero-order valence-corrected chi connectivity index (χ0v) is 13.9. The van der Waals surface area contributed by atoms with E-state index in [1.165, 1.54) is 5.56 Å². The highest BCUT2D eigenvalue weighted by molar-refractivity contribution is 5.75. The molecule has 1 aliphatic heterocycles. The maximum absolute atomic E-state index is 11.9. The highest BCUT2D eigenvalue weighted by atomic mass is 16.3. The van der Waals surface area contributed by atoms with Gasteiger partial charge in [-0.2, -0.15) is 5.10 Å². The lowest BCUT2D eigenvalue weighted by molar-refractivity contribution is -0.121. The summed E-state index contributed by atoms with van der Waals surface area (Å²) in [4.78, 5) is 14.2. The molecule has 2 N–H and O–H groups in total. The molecule has 124 valence electrons. The quantitative estimate of drug-likeness (QED) is 0.814. The number of carbonyl (C=O) groups is 1. The van der Waals surface area contributed by atoms with Crippen molar-refractivity contribution in [3.05, 3.63) is 17.0 Å². The molecule has 0 aliphatic carbocycles. The Labute approximate surface area is 132 Å². The molecule has 22 heavy (non-hydrogen) atoms. The van der Waals surface area contributed by atoms with E-state index in [1.54, 1.807) is 0 Å². The largest absolute Gasteiger partial charge is 0.393 e. The van der Waals surface area contributed by atoms with Gasteiger partial charge in [0.15, 0.2) is 0 Å². The van der Waals surface area contributed by atoms with Crippen LogP contribution in [-0.2, 0) is 11.3 Å². The molecule has 1 aliphatic rings. The van der Waals surface area contributed by atoms with Crippen molar-refractivity contribution in [1.29, 1.82) is 0 Å². The van der Waals surface area contributed by atoms with Gasteiger partial charge < -0.3 is 15.3 Å². The van der Waals surface area contributed by atoms with Crippen molar-refractivity contribution in [3.63, 3.8) is 0 Å². The Morgan fingerprint density at radius 2 is 1.95 bits per heavy atom. The Bertz CT molecular complexity index is 504. The van der Waals surface area contributed by atoms with Crippen molar-refractivity contribution in [2.45, 2.75) is 52.7 Å². The molecule has 0 bridgehead atoms. The molecule has 1 aromatic heterocycles. The van der Waals surface area contributed by atoms with Crippen LogP contribution in [0.3, 0.4) is 0 Å². The highest BCUT2D eigenvalue weighted by Gasteiger charge is 2.16. The fourth-order valence-electron chi connectivity index (χ4n) is 2.80. The van der Waals surface area contributed by atoms with Crippen LogP contribution in [0.15, 0.2) is 0 Å². The number of piperidine rings is 1. The number of aromatic nitrogens is 2. The summed E-state index contributed by atoms with van der Waals surface area (Å²) >= 11 is 0. The van der Waals surface area contributed by atoms with E-state index in [2.05, 4.69) is 22.2 Å². The van der Waals surface area contributed by atoms with E-state index in [0.717, 1.165) is 43.9 Å². The molecular weight excluding hydrogens is 280 g/mol. The van der Waals surface area contributed by atoms with Gasteiger partial charge in [0.05, 0.1) is 11.8 Å². The van der Waals surface area contributed by atoms with Crippen LogP contribution in [0.1, 0.15) is 36.2 Å². The van der Waals surface area contributed by atoms with Gasteiger partial charge in [-0.05, 0) is 39.2 Å². The van der Waals surface area contributed by atoms with Gasteiger partial charge in [0.25, 0.3) is 0 Å². The third-order valence-electron chi connectivity index (χ3n) is 4.60. The van der Waals surface area contributed by atoms with E-state index < -0.39 is 0 Å². The number of rotatable bonds is 6. The number of hydrogen-bond acceptors (Lipinski definition) is 4. The standard InChI is InChI=1S/C16H28N4O2/c1-12-13(2)18-20(14(12)3)10-6-16(22)17-7-11-19-8-4-15(21)5-9-19/h15,21H,4-11H2,1-3H3,(H,17,22). The van der Waals surface area contributed by atoms with Gasteiger partial charge in [0.1, 0.15) is 0 Å². The molecule has 0 unspecified atom stereocenters. The fraction of sp³-hybridized carbons (Fsp3) is 0.750. The molecule has 0 atom stereocenters. The molecule has 6 heteroatoms. The molecule has 2 rings (SSSR count). The number of hydrogen-bond donors (Lipinski definition) is 2.